The number of amides is 3. The normalized spacial score (nSPS) is 31.4. The van der Waals surface area contributed by atoms with Crippen molar-refractivity contribution in [1.29, 1.82) is 0 Å². The number of carbonyl (C=O) groups is 2. The summed E-state index contributed by atoms with van der Waals surface area (Å²) in [6.45, 7) is 0.674. The molecule has 5 aliphatic carbocycles. The number of nitrogens with one attached hydrogen (secondary N) is 4. The van der Waals surface area contributed by atoms with Gasteiger partial charge in [0.1, 0.15) is 0 Å². The zero-order valence-corrected chi connectivity index (χ0v) is 18.4. The molecule has 168 valence electrons. The largest absolute Gasteiger partial charge is 0.378 e. The van der Waals surface area contributed by atoms with E-state index in [9.17, 15) is 9.59 Å². The van der Waals surface area contributed by atoms with E-state index in [-0.39, 0.29) is 24.0 Å². The van der Waals surface area contributed by atoms with Gasteiger partial charge >= 0.3 is 6.03 Å². The van der Waals surface area contributed by atoms with Crippen LogP contribution in [-0.2, 0) is 4.79 Å². The van der Waals surface area contributed by atoms with Crippen molar-refractivity contribution in [2.45, 2.75) is 69.7 Å². The molecule has 0 spiro atoms. The third kappa shape index (κ3) is 4.83. The summed E-state index contributed by atoms with van der Waals surface area (Å²) in [6, 6.07) is 7.72. The van der Waals surface area contributed by atoms with Crippen LogP contribution in [0.1, 0.15) is 64.2 Å². The van der Waals surface area contributed by atoms with E-state index in [1.165, 1.54) is 64.2 Å². The molecular formula is C25H36N4O2. The number of rotatable bonds is 7. The first-order valence-corrected chi connectivity index (χ1v) is 12.3. The SMILES string of the molecule is O=C(CNC(=O)NCC1CCCC1)Nc1ccccc1NC12CC3CC(CC(C3)C1)C2. The van der Waals surface area contributed by atoms with Gasteiger partial charge in [0.15, 0.2) is 0 Å². The molecule has 1 aromatic rings. The highest BCUT2D eigenvalue weighted by atomic mass is 16.2. The fourth-order valence-corrected chi connectivity index (χ4v) is 7.12. The van der Waals surface area contributed by atoms with Crippen molar-refractivity contribution >= 4 is 23.3 Å². The molecule has 0 heterocycles. The van der Waals surface area contributed by atoms with Crippen LogP contribution in [0.3, 0.4) is 0 Å². The van der Waals surface area contributed by atoms with Crippen molar-refractivity contribution in [3.63, 3.8) is 0 Å². The van der Waals surface area contributed by atoms with Crippen LogP contribution in [0.5, 0.6) is 0 Å². The van der Waals surface area contributed by atoms with Crippen LogP contribution in [0.25, 0.3) is 0 Å². The van der Waals surface area contributed by atoms with Crippen LogP contribution in [0.4, 0.5) is 16.2 Å². The molecule has 6 nitrogen and oxygen atoms in total. The lowest BCUT2D eigenvalue weighted by molar-refractivity contribution is -0.115. The lowest BCUT2D eigenvalue weighted by atomic mass is 9.53. The molecule has 31 heavy (non-hydrogen) atoms. The fourth-order valence-electron chi connectivity index (χ4n) is 7.12. The quantitative estimate of drug-likeness (QED) is 0.520. The monoisotopic (exact) mass is 424 g/mol. The number of anilines is 2. The maximum absolute atomic E-state index is 12.5. The average Bonchev–Trinajstić information content (AvgIpc) is 3.25. The van der Waals surface area contributed by atoms with Gasteiger partial charge in [-0.2, -0.15) is 0 Å². The number of hydrogen-bond donors (Lipinski definition) is 4. The van der Waals surface area contributed by atoms with E-state index in [0.29, 0.717) is 12.5 Å². The van der Waals surface area contributed by atoms with Gasteiger partial charge in [-0.05, 0) is 87.2 Å². The predicted molar refractivity (Wildman–Crippen MR) is 123 cm³/mol. The third-order valence-corrected chi connectivity index (χ3v) is 8.07. The number of hydrogen-bond acceptors (Lipinski definition) is 3. The Kier molecular flexibility index (Phi) is 5.81. The van der Waals surface area contributed by atoms with Crippen molar-refractivity contribution in [1.82, 2.24) is 10.6 Å². The first-order chi connectivity index (χ1) is 15.1. The molecule has 0 atom stereocenters. The molecule has 0 unspecified atom stereocenters. The van der Waals surface area contributed by atoms with Gasteiger partial charge in [0.25, 0.3) is 0 Å². The first-order valence-electron chi connectivity index (χ1n) is 12.3. The fraction of sp³-hybridized carbons (Fsp3) is 0.680. The summed E-state index contributed by atoms with van der Waals surface area (Å²) in [5, 5.41) is 12.5. The van der Waals surface area contributed by atoms with Crippen molar-refractivity contribution < 1.29 is 9.59 Å². The molecule has 1 aromatic carbocycles. The van der Waals surface area contributed by atoms with E-state index in [1.54, 1.807) is 0 Å². The molecule has 0 aromatic heterocycles. The van der Waals surface area contributed by atoms with Crippen molar-refractivity contribution in [3.05, 3.63) is 24.3 Å². The minimum absolute atomic E-state index is 0.0256. The van der Waals surface area contributed by atoms with E-state index in [4.69, 9.17) is 0 Å². The standard InChI is InChI=1S/C25H36N4O2/c30-23(16-27-24(31)26-15-17-5-1-2-6-17)28-21-7-3-4-8-22(21)29-25-12-18-9-19(13-25)11-20(10-18)14-25/h3-4,7-8,17-20,29H,1-2,5-6,9-16H2,(H,28,30)(H2,26,27,31). The maximum atomic E-state index is 12.5. The lowest BCUT2D eigenvalue weighted by Gasteiger charge is -2.57. The minimum atomic E-state index is -0.262. The van der Waals surface area contributed by atoms with Gasteiger partial charge in [-0.1, -0.05) is 25.0 Å². The summed E-state index contributed by atoms with van der Waals surface area (Å²) >= 11 is 0. The second kappa shape index (κ2) is 8.71. The van der Waals surface area contributed by atoms with Gasteiger partial charge in [0.05, 0.1) is 17.9 Å². The highest BCUT2D eigenvalue weighted by Gasteiger charge is 2.51. The van der Waals surface area contributed by atoms with Crippen LogP contribution in [-0.4, -0.2) is 30.6 Å². The van der Waals surface area contributed by atoms with Gasteiger partial charge in [-0.3, -0.25) is 4.79 Å². The second-order valence-corrected chi connectivity index (χ2v) is 10.6. The van der Waals surface area contributed by atoms with Crippen LogP contribution in [0.2, 0.25) is 0 Å². The summed E-state index contributed by atoms with van der Waals surface area (Å²) in [7, 11) is 0. The Hall–Kier alpha value is -2.24. The van der Waals surface area contributed by atoms with Crippen LogP contribution < -0.4 is 21.3 Å². The van der Waals surface area contributed by atoms with E-state index in [1.807, 2.05) is 18.2 Å². The Morgan fingerprint density at radius 1 is 0.871 bits per heavy atom. The van der Waals surface area contributed by atoms with Gasteiger partial charge in [-0.15, -0.1) is 0 Å². The molecule has 0 radical (unpaired) electrons. The Balaban J connectivity index is 1.14. The van der Waals surface area contributed by atoms with Gasteiger partial charge < -0.3 is 21.3 Å². The topological polar surface area (TPSA) is 82.3 Å². The van der Waals surface area contributed by atoms with Crippen LogP contribution in [0.15, 0.2) is 24.3 Å². The Labute approximate surface area is 185 Å². The highest BCUT2D eigenvalue weighted by Crippen LogP contribution is 2.56. The summed E-state index contributed by atoms with van der Waals surface area (Å²) in [5.74, 6) is 2.99. The van der Waals surface area contributed by atoms with Gasteiger partial charge in [-0.25, -0.2) is 4.79 Å². The molecule has 4 bridgehead atoms. The molecule has 5 saturated carbocycles. The summed E-state index contributed by atoms with van der Waals surface area (Å²) in [4.78, 5) is 24.5. The molecular weight excluding hydrogens is 388 g/mol. The van der Waals surface area contributed by atoms with Crippen molar-refractivity contribution in [3.8, 4) is 0 Å². The molecule has 6 rings (SSSR count). The Bertz CT molecular complexity index is 782. The van der Waals surface area contributed by atoms with Gasteiger partial charge in [0, 0.05) is 12.1 Å². The number of para-hydroxylation sites is 2. The molecule has 5 aliphatic rings. The molecule has 0 saturated heterocycles. The predicted octanol–water partition coefficient (Wildman–Crippen LogP) is 4.50. The summed E-state index contributed by atoms with van der Waals surface area (Å²) in [6.07, 6.45) is 12.9. The van der Waals surface area contributed by atoms with Crippen LogP contribution >= 0.6 is 0 Å². The van der Waals surface area contributed by atoms with E-state index in [2.05, 4.69) is 27.3 Å². The summed E-state index contributed by atoms with van der Waals surface area (Å²) in [5.41, 5.74) is 1.99. The van der Waals surface area contributed by atoms with E-state index < -0.39 is 0 Å². The average molecular weight is 425 g/mol. The molecule has 0 aliphatic heterocycles. The Morgan fingerprint density at radius 3 is 2.13 bits per heavy atom. The Morgan fingerprint density at radius 2 is 1.48 bits per heavy atom. The van der Waals surface area contributed by atoms with E-state index in [0.717, 1.165) is 29.1 Å². The smallest absolute Gasteiger partial charge is 0.315 e. The number of benzene rings is 1. The zero-order chi connectivity index (χ0) is 21.3. The third-order valence-electron chi connectivity index (χ3n) is 8.07. The molecule has 3 amide bonds. The van der Waals surface area contributed by atoms with Crippen molar-refractivity contribution in [2.75, 3.05) is 23.7 Å². The number of carbonyl (C=O) groups excluding carboxylic acids is 2. The zero-order valence-electron chi connectivity index (χ0n) is 18.4. The molecule has 4 N–H and O–H groups in total. The minimum Gasteiger partial charge on any atom is -0.378 e. The molecule has 5 fully saturated rings. The lowest BCUT2D eigenvalue weighted by Crippen LogP contribution is -2.54. The van der Waals surface area contributed by atoms with Crippen molar-refractivity contribution in [2.24, 2.45) is 23.7 Å². The maximum Gasteiger partial charge on any atom is 0.315 e. The number of urea groups is 1. The molecule has 6 heteroatoms. The highest BCUT2D eigenvalue weighted by molar-refractivity contribution is 5.97. The second-order valence-electron chi connectivity index (χ2n) is 10.6. The van der Waals surface area contributed by atoms with E-state index >= 15 is 0 Å². The van der Waals surface area contributed by atoms with Gasteiger partial charge in [0.2, 0.25) is 5.91 Å². The summed E-state index contributed by atoms with van der Waals surface area (Å²) < 4.78 is 0. The van der Waals surface area contributed by atoms with Crippen LogP contribution in [0, 0.1) is 23.7 Å². The first kappa shape index (κ1) is 20.7.